The Labute approximate surface area is 152 Å². The summed E-state index contributed by atoms with van der Waals surface area (Å²) in [6.45, 7) is 7.02. The highest BCUT2D eigenvalue weighted by molar-refractivity contribution is 5.91. The van der Waals surface area contributed by atoms with Gasteiger partial charge in [0.15, 0.2) is 5.69 Å². The van der Waals surface area contributed by atoms with Crippen molar-refractivity contribution in [1.29, 1.82) is 0 Å². The first kappa shape index (κ1) is 19.2. The molecular formula is C17H27F2N5O2. The number of nitrogens with zero attached hydrogens (tertiary/aromatic N) is 5. The van der Waals surface area contributed by atoms with Crippen LogP contribution in [0.25, 0.3) is 0 Å². The van der Waals surface area contributed by atoms with Crippen LogP contribution in [0.2, 0.25) is 0 Å². The number of hydrogen-bond donors (Lipinski definition) is 0. The highest BCUT2D eigenvalue weighted by Gasteiger charge is 2.44. The molecule has 146 valence electrons. The summed E-state index contributed by atoms with van der Waals surface area (Å²) in [5.74, 6) is -2.39. The smallest absolute Gasteiger partial charge is 0.276 e. The number of aromatic nitrogens is 3. The van der Waals surface area contributed by atoms with Crippen LogP contribution in [-0.4, -0.2) is 82.1 Å². The van der Waals surface area contributed by atoms with Gasteiger partial charge < -0.3 is 9.64 Å². The first-order chi connectivity index (χ1) is 12.3. The second-order valence-electron chi connectivity index (χ2n) is 7.60. The zero-order chi connectivity index (χ0) is 18.7. The molecule has 0 unspecified atom stereocenters. The topological polar surface area (TPSA) is 63.5 Å². The summed E-state index contributed by atoms with van der Waals surface area (Å²) in [6, 6.07) is -0.295. The zero-order valence-electron chi connectivity index (χ0n) is 15.4. The lowest BCUT2D eigenvalue weighted by Gasteiger charge is -2.25. The van der Waals surface area contributed by atoms with Gasteiger partial charge >= 0.3 is 0 Å². The van der Waals surface area contributed by atoms with E-state index >= 15 is 0 Å². The van der Waals surface area contributed by atoms with Crippen molar-refractivity contribution < 1.29 is 18.3 Å². The fourth-order valence-electron chi connectivity index (χ4n) is 3.46. The van der Waals surface area contributed by atoms with Crippen LogP contribution in [0.3, 0.4) is 0 Å². The van der Waals surface area contributed by atoms with E-state index in [-0.39, 0.29) is 30.6 Å². The van der Waals surface area contributed by atoms with Gasteiger partial charge in [0, 0.05) is 25.6 Å². The van der Waals surface area contributed by atoms with Gasteiger partial charge in [-0.3, -0.25) is 14.4 Å². The van der Waals surface area contributed by atoms with Crippen molar-refractivity contribution in [2.24, 2.45) is 5.92 Å². The molecule has 0 saturated carbocycles. The number of alkyl halides is 2. The van der Waals surface area contributed by atoms with Crippen LogP contribution in [-0.2, 0) is 11.3 Å². The van der Waals surface area contributed by atoms with E-state index in [4.69, 9.17) is 4.74 Å². The van der Waals surface area contributed by atoms with Gasteiger partial charge in [0.05, 0.1) is 32.5 Å². The molecule has 3 heterocycles. The molecule has 0 radical (unpaired) electrons. The average Bonchev–Trinajstić information content (AvgIpc) is 3.17. The molecule has 1 aromatic heterocycles. The van der Waals surface area contributed by atoms with Crippen molar-refractivity contribution in [1.82, 2.24) is 24.8 Å². The summed E-state index contributed by atoms with van der Waals surface area (Å²) in [7, 11) is 0. The maximum Gasteiger partial charge on any atom is 0.276 e. The molecule has 2 aliphatic rings. The van der Waals surface area contributed by atoms with Crippen molar-refractivity contribution in [3.63, 3.8) is 0 Å². The molecule has 1 atom stereocenters. The Kier molecular flexibility index (Phi) is 5.86. The van der Waals surface area contributed by atoms with E-state index in [2.05, 4.69) is 24.2 Å². The number of amides is 1. The minimum absolute atomic E-state index is 0.183. The van der Waals surface area contributed by atoms with Crippen LogP contribution in [0.1, 0.15) is 37.2 Å². The highest BCUT2D eigenvalue weighted by Crippen LogP contribution is 2.33. The highest BCUT2D eigenvalue weighted by atomic mass is 19.3. The van der Waals surface area contributed by atoms with Crippen molar-refractivity contribution in [2.45, 2.75) is 45.2 Å². The van der Waals surface area contributed by atoms with Gasteiger partial charge in [-0.05, 0) is 18.9 Å². The van der Waals surface area contributed by atoms with Gasteiger partial charge in [0.25, 0.3) is 11.8 Å². The lowest BCUT2D eigenvalue weighted by molar-refractivity contribution is 0.0116. The van der Waals surface area contributed by atoms with Crippen LogP contribution in [0.15, 0.2) is 6.20 Å². The predicted molar refractivity (Wildman–Crippen MR) is 91.1 cm³/mol. The molecule has 26 heavy (non-hydrogen) atoms. The quantitative estimate of drug-likeness (QED) is 0.758. The molecule has 0 N–H and O–H groups in total. The molecule has 1 amide bonds. The van der Waals surface area contributed by atoms with Gasteiger partial charge in [0.2, 0.25) is 0 Å². The lowest BCUT2D eigenvalue weighted by Crippen LogP contribution is -2.40. The molecule has 3 rings (SSSR count). The third kappa shape index (κ3) is 4.76. The van der Waals surface area contributed by atoms with Gasteiger partial charge in [-0.25, -0.2) is 8.78 Å². The Balaban J connectivity index is 1.62. The number of morpholine rings is 1. The van der Waals surface area contributed by atoms with E-state index in [9.17, 15) is 13.6 Å². The minimum Gasteiger partial charge on any atom is -0.378 e. The fraction of sp³-hybridized carbons (Fsp3) is 0.824. The molecule has 0 bridgehead atoms. The molecule has 7 nitrogen and oxygen atoms in total. The number of carbonyl (C=O) groups is 1. The first-order valence-corrected chi connectivity index (χ1v) is 9.23. The van der Waals surface area contributed by atoms with Crippen LogP contribution in [0.5, 0.6) is 0 Å². The second-order valence-corrected chi connectivity index (χ2v) is 7.60. The summed E-state index contributed by atoms with van der Waals surface area (Å²) in [6.07, 6.45) is 2.26. The number of carbonyl (C=O) groups excluding carboxylic acids is 1. The Bertz CT molecular complexity index is 616. The normalized spacial score (nSPS) is 23.7. The summed E-state index contributed by atoms with van der Waals surface area (Å²) in [5, 5.41) is 7.93. The fourth-order valence-corrected chi connectivity index (χ4v) is 3.46. The monoisotopic (exact) mass is 371 g/mol. The first-order valence-electron chi connectivity index (χ1n) is 9.23. The van der Waals surface area contributed by atoms with E-state index < -0.39 is 5.92 Å². The predicted octanol–water partition coefficient (Wildman–Crippen LogP) is 1.51. The van der Waals surface area contributed by atoms with Gasteiger partial charge in [-0.2, -0.15) is 0 Å². The molecule has 0 aliphatic carbocycles. The summed E-state index contributed by atoms with van der Waals surface area (Å²) < 4.78 is 34.5. The maximum absolute atomic E-state index is 13.9. The summed E-state index contributed by atoms with van der Waals surface area (Å²) in [4.78, 5) is 15.9. The average molecular weight is 371 g/mol. The molecule has 0 aromatic carbocycles. The Hall–Kier alpha value is -1.61. The molecule has 1 aromatic rings. The summed E-state index contributed by atoms with van der Waals surface area (Å²) >= 11 is 0. The summed E-state index contributed by atoms with van der Waals surface area (Å²) in [5.41, 5.74) is 0.255. The van der Waals surface area contributed by atoms with Crippen LogP contribution >= 0.6 is 0 Å². The molecule has 0 spiro atoms. The van der Waals surface area contributed by atoms with Crippen molar-refractivity contribution in [2.75, 3.05) is 39.4 Å². The van der Waals surface area contributed by atoms with Crippen LogP contribution in [0, 0.1) is 5.92 Å². The van der Waals surface area contributed by atoms with Crippen molar-refractivity contribution >= 4 is 5.91 Å². The standard InChI is InChI=1S/C17H27F2N5O2/c1-13(2)3-4-23-12-17(18,19)9-14(23)10-24-11-15(20-21-24)16(25)22-5-7-26-8-6-22/h11,13-14H,3-10,12H2,1-2H3/t14-/m0/s1. The van der Waals surface area contributed by atoms with Gasteiger partial charge in [-0.1, -0.05) is 19.1 Å². The van der Waals surface area contributed by atoms with E-state index in [1.165, 1.54) is 4.68 Å². The van der Waals surface area contributed by atoms with Crippen molar-refractivity contribution in [3.05, 3.63) is 11.9 Å². The van der Waals surface area contributed by atoms with Crippen molar-refractivity contribution in [3.8, 4) is 0 Å². The van der Waals surface area contributed by atoms with Crippen LogP contribution in [0.4, 0.5) is 8.78 Å². The Morgan fingerprint density at radius 1 is 1.38 bits per heavy atom. The minimum atomic E-state index is -2.67. The van der Waals surface area contributed by atoms with Gasteiger partial charge in [0.1, 0.15) is 0 Å². The SMILES string of the molecule is CC(C)CCN1CC(F)(F)C[C@H]1Cn1cc(C(=O)N2CCOCC2)nn1. The number of rotatable bonds is 6. The molecule has 9 heteroatoms. The lowest BCUT2D eigenvalue weighted by atomic mass is 10.1. The third-order valence-corrected chi connectivity index (χ3v) is 4.93. The number of ether oxygens (including phenoxy) is 1. The van der Waals surface area contributed by atoms with Crippen LogP contribution < -0.4 is 0 Å². The third-order valence-electron chi connectivity index (χ3n) is 4.93. The molecule has 2 fully saturated rings. The van der Waals surface area contributed by atoms with E-state index in [1.54, 1.807) is 11.1 Å². The number of halogens is 2. The zero-order valence-corrected chi connectivity index (χ0v) is 15.4. The Morgan fingerprint density at radius 2 is 2.12 bits per heavy atom. The van der Waals surface area contributed by atoms with Gasteiger partial charge in [-0.15, -0.1) is 5.10 Å². The number of hydrogen-bond acceptors (Lipinski definition) is 5. The maximum atomic E-state index is 13.9. The molecule has 2 aliphatic heterocycles. The van der Waals surface area contributed by atoms with E-state index in [1.807, 2.05) is 4.90 Å². The largest absolute Gasteiger partial charge is 0.378 e. The second kappa shape index (κ2) is 7.96. The van der Waals surface area contributed by atoms with E-state index in [0.717, 1.165) is 6.42 Å². The Morgan fingerprint density at radius 3 is 2.81 bits per heavy atom. The molecular weight excluding hydrogens is 344 g/mol. The van der Waals surface area contributed by atoms with E-state index in [0.29, 0.717) is 45.3 Å². The molecule has 2 saturated heterocycles. The number of likely N-dealkylation sites (tertiary alicyclic amines) is 1.